The molecule has 0 spiro atoms. The van der Waals surface area contributed by atoms with Gasteiger partial charge in [-0.05, 0) is 74.9 Å². The number of allylic oxidation sites excluding steroid dienone is 1. The molecule has 0 radical (unpaired) electrons. The summed E-state index contributed by atoms with van der Waals surface area (Å²) in [5, 5.41) is 0. The van der Waals surface area contributed by atoms with Gasteiger partial charge in [-0.1, -0.05) is 6.08 Å². The van der Waals surface area contributed by atoms with E-state index in [1.165, 1.54) is 12.1 Å². The highest BCUT2D eigenvalue weighted by Crippen LogP contribution is 2.32. The number of hydrogen-bond acceptors (Lipinski definition) is 2. The SMILES string of the molecule is CC=CC(C)Oc1ccc(Oc2ccc(C(F)(F)F)cc2)cc1C. The minimum absolute atomic E-state index is 0.0459. The molecule has 2 rings (SSSR count). The molecule has 128 valence electrons. The molecular formula is C19H19F3O2. The number of ether oxygens (including phenoxy) is 2. The summed E-state index contributed by atoms with van der Waals surface area (Å²) in [5.41, 5.74) is 0.184. The topological polar surface area (TPSA) is 18.5 Å². The molecule has 2 aromatic rings. The monoisotopic (exact) mass is 336 g/mol. The first kappa shape index (κ1) is 17.9. The van der Waals surface area contributed by atoms with E-state index >= 15 is 0 Å². The molecule has 0 aliphatic carbocycles. The van der Waals surface area contributed by atoms with Crippen molar-refractivity contribution in [3.63, 3.8) is 0 Å². The number of rotatable bonds is 5. The van der Waals surface area contributed by atoms with Crippen LogP contribution in [-0.4, -0.2) is 6.10 Å². The van der Waals surface area contributed by atoms with E-state index in [2.05, 4.69) is 0 Å². The van der Waals surface area contributed by atoms with Crippen LogP contribution in [0, 0.1) is 6.92 Å². The van der Waals surface area contributed by atoms with Crippen LogP contribution < -0.4 is 9.47 Å². The van der Waals surface area contributed by atoms with Crippen molar-refractivity contribution >= 4 is 0 Å². The number of benzene rings is 2. The van der Waals surface area contributed by atoms with Gasteiger partial charge in [0.05, 0.1) is 5.56 Å². The van der Waals surface area contributed by atoms with Gasteiger partial charge in [0.15, 0.2) is 0 Å². The molecule has 0 heterocycles. The van der Waals surface area contributed by atoms with E-state index in [-0.39, 0.29) is 6.10 Å². The van der Waals surface area contributed by atoms with Gasteiger partial charge in [0.2, 0.25) is 0 Å². The van der Waals surface area contributed by atoms with Gasteiger partial charge in [-0.25, -0.2) is 0 Å². The summed E-state index contributed by atoms with van der Waals surface area (Å²) in [5.74, 6) is 1.62. The Morgan fingerprint density at radius 1 is 1.00 bits per heavy atom. The summed E-state index contributed by atoms with van der Waals surface area (Å²) in [4.78, 5) is 0. The summed E-state index contributed by atoms with van der Waals surface area (Å²) < 4.78 is 49.0. The Balaban J connectivity index is 2.09. The van der Waals surface area contributed by atoms with Crippen molar-refractivity contribution < 1.29 is 22.6 Å². The standard InChI is InChI=1S/C19H19F3O2/c1-4-5-14(3)23-18-11-10-17(12-13(18)2)24-16-8-6-15(7-9-16)19(20,21)22/h4-12,14H,1-3H3. The van der Waals surface area contributed by atoms with Crippen LogP contribution in [0.2, 0.25) is 0 Å². The van der Waals surface area contributed by atoms with E-state index in [1.54, 1.807) is 18.2 Å². The maximum Gasteiger partial charge on any atom is 0.416 e. The Morgan fingerprint density at radius 2 is 1.62 bits per heavy atom. The number of halogens is 3. The number of hydrogen-bond donors (Lipinski definition) is 0. The normalized spacial score (nSPS) is 13.1. The average Bonchev–Trinajstić information content (AvgIpc) is 2.50. The van der Waals surface area contributed by atoms with E-state index in [1.807, 2.05) is 32.9 Å². The zero-order valence-corrected chi connectivity index (χ0v) is 13.7. The van der Waals surface area contributed by atoms with Crippen LogP contribution in [0.3, 0.4) is 0 Å². The Kier molecular flexibility index (Phi) is 5.54. The third-order valence-electron chi connectivity index (χ3n) is 3.34. The highest BCUT2D eigenvalue weighted by atomic mass is 19.4. The van der Waals surface area contributed by atoms with E-state index in [9.17, 15) is 13.2 Å². The molecule has 1 unspecified atom stereocenters. The molecule has 5 heteroatoms. The molecule has 0 N–H and O–H groups in total. The van der Waals surface area contributed by atoms with E-state index in [0.717, 1.165) is 23.4 Å². The second-order valence-corrected chi connectivity index (χ2v) is 5.40. The molecular weight excluding hydrogens is 317 g/mol. The summed E-state index contributed by atoms with van der Waals surface area (Å²) in [6.45, 7) is 5.75. The van der Waals surface area contributed by atoms with Crippen LogP contribution in [0.4, 0.5) is 13.2 Å². The van der Waals surface area contributed by atoms with Gasteiger partial charge in [0.1, 0.15) is 23.4 Å². The average molecular weight is 336 g/mol. The molecule has 0 saturated carbocycles. The molecule has 2 aromatic carbocycles. The van der Waals surface area contributed by atoms with Crippen LogP contribution >= 0.6 is 0 Å². The van der Waals surface area contributed by atoms with Crippen molar-refractivity contribution in [2.45, 2.75) is 33.1 Å². The summed E-state index contributed by atoms with van der Waals surface area (Å²) in [6, 6.07) is 9.90. The molecule has 0 saturated heterocycles. The predicted molar refractivity (Wildman–Crippen MR) is 87.6 cm³/mol. The van der Waals surface area contributed by atoms with Crippen molar-refractivity contribution in [1.29, 1.82) is 0 Å². The zero-order chi connectivity index (χ0) is 17.7. The fourth-order valence-corrected chi connectivity index (χ4v) is 2.18. The molecule has 0 amide bonds. The lowest BCUT2D eigenvalue weighted by Gasteiger charge is -2.14. The van der Waals surface area contributed by atoms with Gasteiger partial charge in [-0.2, -0.15) is 13.2 Å². The summed E-state index contributed by atoms with van der Waals surface area (Å²) in [7, 11) is 0. The first-order valence-electron chi connectivity index (χ1n) is 7.55. The Labute approximate surface area is 139 Å². The van der Waals surface area contributed by atoms with Crippen molar-refractivity contribution in [2.24, 2.45) is 0 Å². The highest BCUT2D eigenvalue weighted by molar-refractivity contribution is 5.42. The third kappa shape index (κ3) is 4.78. The predicted octanol–water partition coefficient (Wildman–Crippen LogP) is 6.15. The lowest BCUT2D eigenvalue weighted by Crippen LogP contribution is -2.08. The molecule has 0 aromatic heterocycles. The second-order valence-electron chi connectivity index (χ2n) is 5.40. The van der Waals surface area contributed by atoms with Gasteiger partial charge in [-0.15, -0.1) is 0 Å². The van der Waals surface area contributed by atoms with Gasteiger partial charge < -0.3 is 9.47 Å². The number of aryl methyl sites for hydroxylation is 1. The van der Waals surface area contributed by atoms with Crippen molar-refractivity contribution in [1.82, 2.24) is 0 Å². The largest absolute Gasteiger partial charge is 0.486 e. The van der Waals surface area contributed by atoms with Crippen molar-refractivity contribution in [3.8, 4) is 17.2 Å². The molecule has 0 aliphatic heterocycles. The van der Waals surface area contributed by atoms with Gasteiger partial charge in [-0.3, -0.25) is 0 Å². The first-order valence-corrected chi connectivity index (χ1v) is 7.55. The highest BCUT2D eigenvalue weighted by Gasteiger charge is 2.30. The summed E-state index contributed by atoms with van der Waals surface area (Å²) in [6.07, 6.45) is -0.540. The molecule has 1 atom stereocenters. The van der Waals surface area contributed by atoms with Crippen LogP contribution in [0.25, 0.3) is 0 Å². The Bertz CT molecular complexity index is 704. The van der Waals surface area contributed by atoms with Crippen LogP contribution in [-0.2, 0) is 6.18 Å². The van der Waals surface area contributed by atoms with Crippen LogP contribution in [0.1, 0.15) is 25.0 Å². The van der Waals surface area contributed by atoms with Crippen molar-refractivity contribution in [2.75, 3.05) is 0 Å². The second kappa shape index (κ2) is 7.43. The van der Waals surface area contributed by atoms with Crippen LogP contribution in [0.5, 0.6) is 17.2 Å². The summed E-state index contributed by atoms with van der Waals surface area (Å²) >= 11 is 0. The fourth-order valence-electron chi connectivity index (χ4n) is 2.18. The quantitative estimate of drug-likeness (QED) is 0.610. The van der Waals surface area contributed by atoms with Gasteiger partial charge >= 0.3 is 6.18 Å². The van der Waals surface area contributed by atoms with Gasteiger partial charge in [0, 0.05) is 0 Å². The Hall–Kier alpha value is -2.43. The smallest absolute Gasteiger partial charge is 0.416 e. The molecule has 2 nitrogen and oxygen atoms in total. The van der Waals surface area contributed by atoms with Crippen LogP contribution in [0.15, 0.2) is 54.6 Å². The lowest BCUT2D eigenvalue weighted by atomic mass is 10.2. The van der Waals surface area contributed by atoms with Gasteiger partial charge in [0.25, 0.3) is 0 Å². The Morgan fingerprint density at radius 3 is 2.17 bits per heavy atom. The molecule has 0 aliphatic rings. The maximum atomic E-state index is 12.5. The van der Waals surface area contributed by atoms with Crippen molar-refractivity contribution in [3.05, 3.63) is 65.7 Å². The molecule has 24 heavy (non-hydrogen) atoms. The zero-order valence-electron chi connectivity index (χ0n) is 13.7. The maximum absolute atomic E-state index is 12.5. The minimum atomic E-state index is -4.35. The van der Waals surface area contributed by atoms with E-state index in [0.29, 0.717) is 11.5 Å². The first-order chi connectivity index (χ1) is 11.3. The van der Waals surface area contributed by atoms with E-state index < -0.39 is 11.7 Å². The fraction of sp³-hybridized carbons (Fsp3) is 0.263. The lowest BCUT2D eigenvalue weighted by molar-refractivity contribution is -0.137. The molecule has 0 bridgehead atoms. The third-order valence-corrected chi connectivity index (χ3v) is 3.34. The van der Waals surface area contributed by atoms with E-state index in [4.69, 9.17) is 9.47 Å². The minimum Gasteiger partial charge on any atom is -0.486 e. The molecule has 0 fully saturated rings. The number of alkyl halides is 3.